The van der Waals surface area contributed by atoms with Crippen molar-refractivity contribution in [2.24, 2.45) is 0 Å². The van der Waals surface area contributed by atoms with Gasteiger partial charge in [-0.15, -0.1) is 0 Å². The fourth-order valence-corrected chi connectivity index (χ4v) is 1.46. The average molecular weight is 246 g/mol. The van der Waals surface area contributed by atoms with Crippen LogP contribution >= 0.6 is 12.2 Å². The Morgan fingerprint density at radius 1 is 0.875 bits per heavy atom. The molecule has 0 unspecified atom stereocenters. The molecule has 0 saturated heterocycles. The predicted octanol–water partition coefficient (Wildman–Crippen LogP) is 0.354. The zero-order valence-electron chi connectivity index (χ0n) is 11.0. The molecule has 0 bridgehead atoms. The van der Waals surface area contributed by atoms with Gasteiger partial charge >= 0.3 is 0 Å². The molecule has 0 amide bonds. The van der Waals surface area contributed by atoms with Crippen LogP contribution < -0.4 is 10.6 Å². The molecule has 0 aromatic carbocycles. The smallest absolute Gasteiger partial charge is 0.166 e. The van der Waals surface area contributed by atoms with Crippen LogP contribution in [0.1, 0.15) is 12.8 Å². The maximum atomic E-state index is 5.16. The highest BCUT2D eigenvalue weighted by Crippen LogP contribution is 1.83. The molecular formula is C11H26N4S. The Hall–Kier alpha value is -0.390. The number of hydrogen-bond donors (Lipinski definition) is 2. The number of hydrogen-bond acceptors (Lipinski definition) is 3. The van der Waals surface area contributed by atoms with E-state index in [4.69, 9.17) is 12.2 Å². The zero-order chi connectivity index (χ0) is 12.4. The predicted molar refractivity (Wildman–Crippen MR) is 74.9 cm³/mol. The van der Waals surface area contributed by atoms with Crippen LogP contribution in [0.15, 0.2) is 0 Å². The molecule has 4 nitrogen and oxygen atoms in total. The second-order valence-electron chi connectivity index (χ2n) is 4.50. The highest BCUT2D eigenvalue weighted by Gasteiger charge is 1.95. The SMILES string of the molecule is CN(C)CCCNC(=S)NCCCN(C)C. The summed E-state index contributed by atoms with van der Waals surface area (Å²) in [7, 11) is 8.32. The molecule has 96 valence electrons. The van der Waals surface area contributed by atoms with E-state index in [1.807, 2.05) is 0 Å². The maximum Gasteiger partial charge on any atom is 0.166 e. The molecule has 0 spiro atoms. The maximum absolute atomic E-state index is 5.16. The summed E-state index contributed by atoms with van der Waals surface area (Å²) in [4.78, 5) is 4.35. The Kier molecular flexibility index (Phi) is 9.57. The zero-order valence-corrected chi connectivity index (χ0v) is 11.9. The summed E-state index contributed by atoms with van der Waals surface area (Å²) in [6.07, 6.45) is 2.24. The van der Waals surface area contributed by atoms with Crippen molar-refractivity contribution in [3.05, 3.63) is 0 Å². The third kappa shape index (κ3) is 11.7. The van der Waals surface area contributed by atoms with Gasteiger partial charge in [-0.1, -0.05) is 0 Å². The molecule has 0 fully saturated rings. The first kappa shape index (κ1) is 15.6. The molecule has 0 saturated carbocycles. The van der Waals surface area contributed by atoms with Gasteiger partial charge in [-0.3, -0.25) is 0 Å². The van der Waals surface area contributed by atoms with Gasteiger partial charge in [0.2, 0.25) is 0 Å². The quantitative estimate of drug-likeness (QED) is 0.477. The first-order chi connectivity index (χ1) is 7.52. The van der Waals surface area contributed by atoms with Gasteiger partial charge in [0, 0.05) is 13.1 Å². The van der Waals surface area contributed by atoms with E-state index < -0.39 is 0 Å². The number of rotatable bonds is 8. The van der Waals surface area contributed by atoms with Crippen LogP contribution in [-0.4, -0.2) is 69.3 Å². The molecule has 0 atom stereocenters. The van der Waals surface area contributed by atoms with Crippen molar-refractivity contribution in [3.63, 3.8) is 0 Å². The molecule has 2 N–H and O–H groups in total. The van der Waals surface area contributed by atoms with Gasteiger partial charge in [0.15, 0.2) is 5.11 Å². The molecule has 0 aromatic heterocycles. The summed E-state index contributed by atoms with van der Waals surface area (Å²) in [5, 5.41) is 7.19. The normalized spacial score (nSPS) is 10.9. The molecule has 0 aromatic rings. The van der Waals surface area contributed by atoms with Crippen LogP contribution in [0, 0.1) is 0 Å². The summed E-state index contributed by atoms with van der Waals surface area (Å²) in [6, 6.07) is 0. The summed E-state index contributed by atoms with van der Waals surface area (Å²) in [5.41, 5.74) is 0. The van der Waals surface area contributed by atoms with Gasteiger partial charge in [-0.05, 0) is 66.3 Å². The fraction of sp³-hybridized carbons (Fsp3) is 0.909. The molecule has 0 rings (SSSR count). The minimum absolute atomic E-state index is 0.775. The third-order valence-electron chi connectivity index (χ3n) is 2.14. The number of nitrogens with one attached hydrogen (secondary N) is 2. The van der Waals surface area contributed by atoms with Crippen molar-refractivity contribution in [2.75, 3.05) is 54.4 Å². The van der Waals surface area contributed by atoms with Gasteiger partial charge in [0.25, 0.3) is 0 Å². The van der Waals surface area contributed by atoms with Gasteiger partial charge in [-0.2, -0.15) is 0 Å². The second-order valence-corrected chi connectivity index (χ2v) is 4.90. The molecular weight excluding hydrogens is 220 g/mol. The van der Waals surface area contributed by atoms with Gasteiger partial charge in [0.1, 0.15) is 0 Å². The largest absolute Gasteiger partial charge is 0.363 e. The molecule has 0 aliphatic heterocycles. The second kappa shape index (κ2) is 9.81. The van der Waals surface area contributed by atoms with E-state index in [1.165, 1.54) is 0 Å². The van der Waals surface area contributed by atoms with Crippen LogP contribution in [0.4, 0.5) is 0 Å². The Morgan fingerprint density at radius 2 is 1.25 bits per heavy atom. The van der Waals surface area contributed by atoms with Crippen molar-refractivity contribution >= 4 is 17.3 Å². The lowest BCUT2D eigenvalue weighted by atomic mass is 10.4. The highest BCUT2D eigenvalue weighted by molar-refractivity contribution is 7.80. The molecule has 5 heteroatoms. The van der Waals surface area contributed by atoms with Crippen LogP contribution in [-0.2, 0) is 0 Å². The van der Waals surface area contributed by atoms with E-state index in [0.717, 1.165) is 44.1 Å². The van der Waals surface area contributed by atoms with Crippen LogP contribution in [0.25, 0.3) is 0 Å². The van der Waals surface area contributed by atoms with Crippen molar-refractivity contribution in [1.82, 2.24) is 20.4 Å². The minimum Gasteiger partial charge on any atom is -0.363 e. The fourth-order valence-electron chi connectivity index (χ4n) is 1.26. The van der Waals surface area contributed by atoms with E-state index in [-0.39, 0.29) is 0 Å². The monoisotopic (exact) mass is 246 g/mol. The summed E-state index contributed by atoms with van der Waals surface area (Å²) in [6.45, 7) is 4.07. The van der Waals surface area contributed by atoms with E-state index in [1.54, 1.807) is 0 Å². The van der Waals surface area contributed by atoms with Crippen molar-refractivity contribution in [1.29, 1.82) is 0 Å². The Balaban J connectivity index is 3.25. The van der Waals surface area contributed by atoms with E-state index in [2.05, 4.69) is 48.6 Å². The first-order valence-corrected chi connectivity index (χ1v) is 6.24. The first-order valence-electron chi connectivity index (χ1n) is 5.83. The molecule has 0 radical (unpaired) electrons. The van der Waals surface area contributed by atoms with E-state index >= 15 is 0 Å². The lowest BCUT2D eigenvalue weighted by molar-refractivity contribution is 0.397. The minimum atomic E-state index is 0.775. The van der Waals surface area contributed by atoms with Gasteiger partial charge in [-0.25, -0.2) is 0 Å². The standard InChI is InChI=1S/C11H26N4S/c1-14(2)9-5-7-12-11(16)13-8-6-10-15(3)4/h5-10H2,1-4H3,(H2,12,13,16). The number of nitrogens with zero attached hydrogens (tertiary/aromatic N) is 2. The molecule has 0 heterocycles. The molecule has 16 heavy (non-hydrogen) atoms. The van der Waals surface area contributed by atoms with Crippen LogP contribution in [0.5, 0.6) is 0 Å². The van der Waals surface area contributed by atoms with Gasteiger partial charge in [0.05, 0.1) is 0 Å². The lowest BCUT2D eigenvalue weighted by Gasteiger charge is -2.13. The lowest BCUT2D eigenvalue weighted by Crippen LogP contribution is -2.37. The van der Waals surface area contributed by atoms with Crippen LogP contribution in [0.3, 0.4) is 0 Å². The Bertz CT molecular complexity index is 165. The van der Waals surface area contributed by atoms with Crippen LogP contribution in [0.2, 0.25) is 0 Å². The van der Waals surface area contributed by atoms with Crippen molar-refractivity contribution in [2.45, 2.75) is 12.8 Å². The molecule has 0 aliphatic rings. The Morgan fingerprint density at radius 3 is 1.56 bits per heavy atom. The summed E-state index contributed by atoms with van der Waals surface area (Å²) >= 11 is 5.16. The van der Waals surface area contributed by atoms with Crippen molar-refractivity contribution in [3.8, 4) is 0 Å². The Labute approximate surface area is 105 Å². The molecule has 0 aliphatic carbocycles. The van der Waals surface area contributed by atoms with Crippen molar-refractivity contribution < 1.29 is 0 Å². The third-order valence-corrected chi connectivity index (χ3v) is 2.42. The highest BCUT2D eigenvalue weighted by atomic mass is 32.1. The summed E-state index contributed by atoms with van der Waals surface area (Å²) < 4.78 is 0. The van der Waals surface area contributed by atoms with Gasteiger partial charge < -0.3 is 20.4 Å². The van der Waals surface area contributed by atoms with E-state index in [9.17, 15) is 0 Å². The number of thiocarbonyl (C=S) groups is 1. The topological polar surface area (TPSA) is 30.5 Å². The van der Waals surface area contributed by atoms with E-state index in [0.29, 0.717) is 0 Å². The average Bonchev–Trinajstić information content (AvgIpc) is 2.19. The summed E-state index contributed by atoms with van der Waals surface area (Å²) in [5.74, 6) is 0.